The van der Waals surface area contributed by atoms with Gasteiger partial charge in [-0.25, -0.2) is 0 Å². The van der Waals surface area contributed by atoms with E-state index in [4.69, 9.17) is 4.74 Å². The molecule has 26 heavy (non-hydrogen) atoms. The molecule has 154 valence electrons. The van der Waals surface area contributed by atoms with Crippen LogP contribution in [-0.2, 0) is 4.74 Å². The van der Waals surface area contributed by atoms with Crippen molar-refractivity contribution in [3.63, 3.8) is 0 Å². The van der Waals surface area contributed by atoms with E-state index >= 15 is 0 Å². The van der Waals surface area contributed by atoms with Crippen LogP contribution in [0.5, 0.6) is 0 Å². The maximum absolute atomic E-state index is 6.86. The van der Waals surface area contributed by atoms with E-state index in [0.717, 1.165) is 18.8 Å². The van der Waals surface area contributed by atoms with Crippen molar-refractivity contribution in [1.29, 1.82) is 0 Å². The lowest BCUT2D eigenvalue weighted by molar-refractivity contribution is -0.238. The van der Waals surface area contributed by atoms with Crippen LogP contribution in [0.15, 0.2) is 0 Å². The third-order valence-electron chi connectivity index (χ3n) is 6.41. The number of unbranched alkanes of at least 4 members (excludes halogenated alkanes) is 5. The highest BCUT2D eigenvalue weighted by atomic mass is 16.5. The predicted octanol–water partition coefficient (Wildman–Crippen LogP) is 5.78. The van der Waals surface area contributed by atoms with Crippen molar-refractivity contribution in [2.45, 2.75) is 135 Å². The fourth-order valence-electron chi connectivity index (χ4n) is 6.11. The topological polar surface area (TPSA) is 33.3 Å². The monoisotopic (exact) mass is 366 g/mol. The van der Waals surface area contributed by atoms with Crippen LogP contribution in [0.25, 0.3) is 0 Å². The van der Waals surface area contributed by atoms with E-state index in [1.807, 2.05) is 0 Å². The minimum atomic E-state index is -0.0921. The molecule has 1 saturated heterocycles. The molecule has 1 heterocycles. The molecule has 0 unspecified atom stereocenters. The first-order chi connectivity index (χ1) is 12.0. The molecule has 3 heteroatoms. The third kappa shape index (κ3) is 6.21. The molecule has 0 atom stereocenters. The first-order valence-electron chi connectivity index (χ1n) is 11.2. The van der Waals surface area contributed by atoms with E-state index in [0.29, 0.717) is 0 Å². The zero-order chi connectivity index (χ0) is 19.5. The fraction of sp³-hybridized carbons (Fsp3) is 1.00. The summed E-state index contributed by atoms with van der Waals surface area (Å²) in [6.07, 6.45) is 14.3. The van der Waals surface area contributed by atoms with Crippen molar-refractivity contribution in [3.8, 4) is 0 Å². The summed E-state index contributed by atoms with van der Waals surface area (Å²) in [5.74, 6) is 0.847. The lowest BCUT2D eigenvalue weighted by atomic mass is 9.70. The van der Waals surface area contributed by atoms with Crippen LogP contribution < -0.4 is 10.6 Å². The van der Waals surface area contributed by atoms with Crippen LogP contribution >= 0.6 is 0 Å². The van der Waals surface area contributed by atoms with Gasteiger partial charge in [-0.3, -0.25) is 5.32 Å². The second-order valence-corrected chi connectivity index (χ2v) is 10.9. The van der Waals surface area contributed by atoms with Crippen molar-refractivity contribution in [2.75, 3.05) is 7.05 Å². The molecule has 0 aromatic rings. The highest BCUT2D eigenvalue weighted by Crippen LogP contribution is 2.48. The smallest absolute Gasteiger partial charge is 0.120 e. The second-order valence-electron chi connectivity index (χ2n) is 10.9. The summed E-state index contributed by atoms with van der Waals surface area (Å²) < 4.78 is 6.86. The van der Waals surface area contributed by atoms with Gasteiger partial charge in [-0.05, 0) is 73.3 Å². The van der Waals surface area contributed by atoms with Gasteiger partial charge in [0.25, 0.3) is 0 Å². The summed E-state index contributed by atoms with van der Waals surface area (Å²) in [6.45, 7) is 13.9. The number of rotatable bonds is 10. The first-order valence-corrected chi connectivity index (χ1v) is 11.2. The minimum Gasteiger partial charge on any atom is -0.354 e. The van der Waals surface area contributed by atoms with Gasteiger partial charge < -0.3 is 10.1 Å². The molecule has 1 saturated carbocycles. The van der Waals surface area contributed by atoms with E-state index < -0.39 is 0 Å². The average Bonchev–Trinajstić information content (AvgIpc) is 2.43. The van der Waals surface area contributed by atoms with Gasteiger partial charge in [-0.2, -0.15) is 0 Å². The van der Waals surface area contributed by atoms with E-state index in [2.05, 4.69) is 59.2 Å². The molecule has 0 bridgehead atoms. The summed E-state index contributed by atoms with van der Waals surface area (Å²) in [7, 11) is 2.09. The molecule has 2 fully saturated rings. The quantitative estimate of drug-likeness (QED) is 0.380. The summed E-state index contributed by atoms with van der Waals surface area (Å²) in [5, 5.41) is 7.33. The maximum Gasteiger partial charge on any atom is 0.120 e. The molecule has 1 aliphatic heterocycles. The Hall–Kier alpha value is -0.120. The zero-order valence-corrected chi connectivity index (χ0v) is 18.8. The fourth-order valence-corrected chi connectivity index (χ4v) is 6.11. The maximum atomic E-state index is 6.86. The van der Waals surface area contributed by atoms with Gasteiger partial charge in [0.05, 0.1) is 5.60 Å². The SMILES string of the molecule is CCCCCCCCC1CC(NC)(OC2(C)CC(C)(C)NC(C)(C)C2)C1. The second kappa shape index (κ2) is 8.49. The van der Waals surface area contributed by atoms with E-state index in [-0.39, 0.29) is 22.4 Å². The van der Waals surface area contributed by atoms with Crippen molar-refractivity contribution < 1.29 is 4.74 Å². The lowest BCUT2D eigenvalue weighted by Crippen LogP contribution is -2.67. The van der Waals surface area contributed by atoms with Gasteiger partial charge in [-0.1, -0.05) is 51.9 Å². The highest BCUT2D eigenvalue weighted by Gasteiger charge is 2.52. The molecule has 0 amide bonds. The molecule has 0 spiro atoms. The summed E-state index contributed by atoms with van der Waals surface area (Å²) in [5.41, 5.74) is 0.0810. The van der Waals surface area contributed by atoms with Crippen LogP contribution in [0.1, 0.15) is 112 Å². The predicted molar refractivity (Wildman–Crippen MR) is 113 cm³/mol. The largest absolute Gasteiger partial charge is 0.354 e. The molecule has 2 N–H and O–H groups in total. The molecule has 2 rings (SSSR count). The Labute approximate surface area is 163 Å². The Balaban J connectivity index is 1.81. The van der Waals surface area contributed by atoms with Crippen molar-refractivity contribution >= 4 is 0 Å². The zero-order valence-electron chi connectivity index (χ0n) is 18.8. The summed E-state index contributed by atoms with van der Waals surface area (Å²) in [6, 6.07) is 0. The minimum absolute atomic E-state index is 0.0631. The molecule has 1 aliphatic carbocycles. The number of hydrogen-bond acceptors (Lipinski definition) is 3. The van der Waals surface area contributed by atoms with Crippen LogP contribution in [-0.4, -0.2) is 29.5 Å². The Morgan fingerprint density at radius 1 is 0.885 bits per heavy atom. The van der Waals surface area contributed by atoms with Crippen LogP contribution in [0.2, 0.25) is 0 Å². The Bertz CT molecular complexity index is 421. The molecule has 0 aromatic carbocycles. The number of hydrogen-bond donors (Lipinski definition) is 2. The molecular weight excluding hydrogens is 320 g/mol. The Morgan fingerprint density at radius 2 is 1.42 bits per heavy atom. The summed E-state index contributed by atoms with van der Waals surface area (Å²) in [4.78, 5) is 0. The van der Waals surface area contributed by atoms with Gasteiger partial charge in [0.2, 0.25) is 0 Å². The van der Waals surface area contributed by atoms with Crippen molar-refractivity contribution in [1.82, 2.24) is 10.6 Å². The van der Waals surface area contributed by atoms with Gasteiger partial charge in [0, 0.05) is 11.1 Å². The molecule has 2 aliphatic rings. The molecule has 0 aromatic heterocycles. The van der Waals surface area contributed by atoms with Gasteiger partial charge in [0.15, 0.2) is 0 Å². The van der Waals surface area contributed by atoms with E-state index in [1.54, 1.807) is 0 Å². The number of ether oxygens (including phenoxy) is 1. The van der Waals surface area contributed by atoms with Crippen molar-refractivity contribution in [3.05, 3.63) is 0 Å². The highest BCUT2D eigenvalue weighted by molar-refractivity contribution is 5.06. The van der Waals surface area contributed by atoms with Crippen LogP contribution in [0, 0.1) is 5.92 Å². The summed E-state index contributed by atoms with van der Waals surface area (Å²) >= 11 is 0. The van der Waals surface area contributed by atoms with Gasteiger partial charge in [0.1, 0.15) is 5.72 Å². The van der Waals surface area contributed by atoms with Crippen molar-refractivity contribution in [2.24, 2.45) is 5.92 Å². The standard InChI is InChI=1S/C23H46N2O/c1-8-9-10-11-12-13-14-19-15-23(16-19,24-7)26-22(6)17-20(2,3)25-21(4,5)18-22/h19,24-25H,8-18H2,1-7H3. The number of nitrogens with one attached hydrogen (secondary N) is 2. The third-order valence-corrected chi connectivity index (χ3v) is 6.41. The first kappa shape index (κ1) is 22.2. The van der Waals surface area contributed by atoms with E-state index in [1.165, 1.54) is 57.8 Å². The van der Waals surface area contributed by atoms with E-state index in [9.17, 15) is 0 Å². The Morgan fingerprint density at radius 3 is 1.96 bits per heavy atom. The van der Waals surface area contributed by atoms with Crippen LogP contribution in [0.3, 0.4) is 0 Å². The number of piperidine rings is 1. The van der Waals surface area contributed by atoms with Gasteiger partial charge in [-0.15, -0.1) is 0 Å². The van der Waals surface area contributed by atoms with Gasteiger partial charge >= 0.3 is 0 Å². The molecule has 3 nitrogen and oxygen atoms in total. The normalized spacial score (nSPS) is 32.2. The lowest BCUT2D eigenvalue weighted by Gasteiger charge is -2.57. The average molecular weight is 367 g/mol. The molecular formula is C23H46N2O. The molecule has 0 radical (unpaired) electrons. The Kier molecular flexibility index (Phi) is 7.24. The van der Waals surface area contributed by atoms with Crippen LogP contribution in [0.4, 0.5) is 0 Å².